The maximum atomic E-state index is 4.32. The molecule has 1 aliphatic carbocycles. The van der Waals surface area contributed by atoms with Gasteiger partial charge < -0.3 is 5.32 Å². The lowest BCUT2D eigenvalue weighted by atomic mass is 10.1. The van der Waals surface area contributed by atoms with Crippen LogP contribution in [0.5, 0.6) is 0 Å². The predicted molar refractivity (Wildman–Crippen MR) is 67.0 cm³/mol. The highest BCUT2D eigenvalue weighted by Gasteiger charge is 2.11. The highest BCUT2D eigenvalue weighted by atomic mass is 79.9. The molecule has 0 atom stereocenters. The Morgan fingerprint density at radius 1 is 1.20 bits per heavy atom. The van der Waals surface area contributed by atoms with E-state index in [1.807, 2.05) is 18.3 Å². The van der Waals surface area contributed by atoms with E-state index in [-0.39, 0.29) is 0 Å². The molecule has 1 aliphatic rings. The third-order valence-electron chi connectivity index (χ3n) is 2.93. The molecule has 2 rings (SSSR count). The first-order chi connectivity index (χ1) is 7.34. The van der Waals surface area contributed by atoms with Gasteiger partial charge in [0, 0.05) is 16.7 Å². The van der Waals surface area contributed by atoms with E-state index in [1.165, 1.54) is 38.5 Å². The molecule has 1 saturated carbocycles. The van der Waals surface area contributed by atoms with E-state index in [0.29, 0.717) is 6.04 Å². The van der Waals surface area contributed by atoms with Crippen molar-refractivity contribution in [1.29, 1.82) is 0 Å². The van der Waals surface area contributed by atoms with Gasteiger partial charge >= 0.3 is 0 Å². The van der Waals surface area contributed by atoms with E-state index in [4.69, 9.17) is 0 Å². The van der Waals surface area contributed by atoms with Crippen molar-refractivity contribution in [3.8, 4) is 0 Å². The fourth-order valence-electron chi connectivity index (χ4n) is 2.12. The fourth-order valence-corrected chi connectivity index (χ4v) is 2.45. The van der Waals surface area contributed by atoms with Crippen molar-refractivity contribution in [2.24, 2.45) is 0 Å². The van der Waals surface area contributed by atoms with Gasteiger partial charge in [-0.25, -0.2) is 4.98 Å². The topological polar surface area (TPSA) is 24.9 Å². The van der Waals surface area contributed by atoms with Gasteiger partial charge in [-0.3, -0.25) is 0 Å². The predicted octanol–water partition coefficient (Wildman–Crippen LogP) is 3.98. The Balaban J connectivity index is 1.95. The second kappa shape index (κ2) is 5.50. The molecule has 1 fully saturated rings. The highest BCUT2D eigenvalue weighted by Crippen LogP contribution is 2.21. The van der Waals surface area contributed by atoms with E-state index in [0.717, 1.165) is 10.3 Å². The maximum Gasteiger partial charge on any atom is 0.127 e. The number of nitrogens with zero attached hydrogens (tertiary/aromatic N) is 1. The molecule has 3 heteroatoms. The van der Waals surface area contributed by atoms with Crippen molar-refractivity contribution >= 4 is 21.7 Å². The number of halogens is 1. The first kappa shape index (κ1) is 10.9. The summed E-state index contributed by atoms with van der Waals surface area (Å²) >= 11 is 3.46. The number of rotatable bonds is 2. The Labute approximate surface area is 99.6 Å². The number of nitrogens with one attached hydrogen (secondary N) is 1. The number of hydrogen-bond acceptors (Lipinski definition) is 2. The van der Waals surface area contributed by atoms with Crippen molar-refractivity contribution in [2.45, 2.75) is 44.6 Å². The molecule has 1 heterocycles. The van der Waals surface area contributed by atoms with Gasteiger partial charge in [-0.2, -0.15) is 0 Å². The van der Waals surface area contributed by atoms with Crippen LogP contribution in [-0.2, 0) is 0 Å². The van der Waals surface area contributed by atoms with Gasteiger partial charge in [-0.05, 0) is 25.0 Å². The summed E-state index contributed by atoms with van der Waals surface area (Å²) in [5.74, 6) is 0.997. The van der Waals surface area contributed by atoms with Crippen LogP contribution in [0.4, 0.5) is 5.82 Å². The number of aromatic nitrogens is 1. The molecule has 2 nitrogen and oxygen atoms in total. The average Bonchev–Trinajstić information content (AvgIpc) is 2.46. The summed E-state index contributed by atoms with van der Waals surface area (Å²) in [4.78, 5) is 4.32. The van der Waals surface area contributed by atoms with Crippen molar-refractivity contribution in [3.63, 3.8) is 0 Å². The number of pyridine rings is 1. The van der Waals surface area contributed by atoms with Crippen LogP contribution in [0.1, 0.15) is 38.5 Å². The van der Waals surface area contributed by atoms with Gasteiger partial charge in [0.2, 0.25) is 0 Å². The molecule has 0 spiro atoms. The molecule has 82 valence electrons. The summed E-state index contributed by atoms with van der Waals surface area (Å²) in [7, 11) is 0. The molecular formula is C12H17BrN2. The minimum atomic E-state index is 0.620. The van der Waals surface area contributed by atoms with E-state index in [2.05, 4.69) is 26.2 Å². The third kappa shape index (κ3) is 3.49. The standard InChI is InChI=1S/C12H17BrN2/c13-10-7-8-14-12(9-10)15-11-5-3-1-2-4-6-11/h7-9,11H,1-6H2,(H,14,15). The molecule has 0 aromatic carbocycles. The van der Waals surface area contributed by atoms with Gasteiger partial charge in [0.15, 0.2) is 0 Å². The van der Waals surface area contributed by atoms with Crippen LogP contribution in [0.3, 0.4) is 0 Å². The summed E-state index contributed by atoms with van der Waals surface area (Å²) in [5, 5.41) is 3.52. The first-order valence-corrected chi connectivity index (χ1v) is 6.52. The Morgan fingerprint density at radius 2 is 1.93 bits per heavy atom. The van der Waals surface area contributed by atoms with Crippen LogP contribution in [0, 0.1) is 0 Å². The lowest BCUT2D eigenvalue weighted by Crippen LogP contribution is -2.18. The SMILES string of the molecule is Brc1ccnc(NC2CCCCCC2)c1. The van der Waals surface area contributed by atoms with Gasteiger partial charge in [-0.1, -0.05) is 41.6 Å². The minimum absolute atomic E-state index is 0.620. The van der Waals surface area contributed by atoms with Crippen molar-refractivity contribution in [3.05, 3.63) is 22.8 Å². The Kier molecular flexibility index (Phi) is 4.01. The maximum absolute atomic E-state index is 4.32. The van der Waals surface area contributed by atoms with E-state index >= 15 is 0 Å². The van der Waals surface area contributed by atoms with Crippen LogP contribution in [-0.4, -0.2) is 11.0 Å². The van der Waals surface area contributed by atoms with Crippen LogP contribution in [0.25, 0.3) is 0 Å². The number of hydrogen-bond donors (Lipinski definition) is 1. The van der Waals surface area contributed by atoms with Crippen LogP contribution in [0.2, 0.25) is 0 Å². The molecule has 1 aromatic heterocycles. The van der Waals surface area contributed by atoms with Crippen LogP contribution < -0.4 is 5.32 Å². The first-order valence-electron chi connectivity index (χ1n) is 5.73. The number of anilines is 1. The lowest BCUT2D eigenvalue weighted by molar-refractivity contribution is 0.617. The van der Waals surface area contributed by atoms with Gasteiger partial charge in [0.05, 0.1) is 0 Å². The molecule has 1 aromatic rings. The zero-order valence-electron chi connectivity index (χ0n) is 8.88. The van der Waals surface area contributed by atoms with Crippen molar-refractivity contribution in [1.82, 2.24) is 4.98 Å². The zero-order chi connectivity index (χ0) is 10.5. The summed E-state index contributed by atoms with van der Waals surface area (Å²) in [5.41, 5.74) is 0. The normalized spacial score (nSPS) is 18.5. The van der Waals surface area contributed by atoms with Crippen molar-refractivity contribution < 1.29 is 0 Å². The molecular weight excluding hydrogens is 252 g/mol. The van der Waals surface area contributed by atoms with Gasteiger partial charge in [0.1, 0.15) is 5.82 Å². The summed E-state index contributed by atoms with van der Waals surface area (Å²) in [6.45, 7) is 0. The van der Waals surface area contributed by atoms with E-state index in [9.17, 15) is 0 Å². The molecule has 0 radical (unpaired) electrons. The second-order valence-electron chi connectivity index (χ2n) is 4.19. The molecule has 0 saturated heterocycles. The molecule has 0 amide bonds. The van der Waals surface area contributed by atoms with E-state index in [1.54, 1.807) is 0 Å². The monoisotopic (exact) mass is 268 g/mol. The largest absolute Gasteiger partial charge is 0.367 e. The molecule has 0 bridgehead atoms. The Hall–Kier alpha value is -0.570. The zero-order valence-corrected chi connectivity index (χ0v) is 10.5. The minimum Gasteiger partial charge on any atom is -0.367 e. The lowest BCUT2D eigenvalue weighted by Gasteiger charge is -2.16. The quantitative estimate of drug-likeness (QED) is 0.821. The third-order valence-corrected chi connectivity index (χ3v) is 3.42. The molecule has 15 heavy (non-hydrogen) atoms. The Morgan fingerprint density at radius 3 is 2.60 bits per heavy atom. The smallest absolute Gasteiger partial charge is 0.127 e. The molecule has 0 aliphatic heterocycles. The van der Waals surface area contributed by atoms with Gasteiger partial charge in [-0.15, -0.1) is 0 Å². The van der Waals surface area contributed by atoms with Gasteiger partial charge in [0.25, 0.3) is 0 Å². The Bertz CT molecular complexity index is 306. The molecule has 0 unspecified atom stereocenters. The van der Waals surface area contributed by atoms with Crippen LogP contribution in [0.15, 0.2) is 22.8 Å². The average molecular weight is 269 g/mol. The van der Waals surface area contributed by atoms with Crippen molar-refractivity contribution in [2.75, 3.05) is 5.32 Å². The van der Waals surface area contributed by atoms with Crippen LogP contribution >= 0.6 is 15.9 Å². The second-order valence-corrected chi connectivity index (χ2v) is 5.11. The van der Waals surface area contributed by atoms with E-state index < -0.39 is 0 Å². The molecule has 1 N–H and O–H groups in total. The summed E-state index contributed by atoms with van der Waals surface area (Å²) in [6.07, 6.45) is 9.90. The summed E-state index contributed by atoms with van der Waals surface area (Å²) < 4.78 is 1.09. The summed E-state index contributed by atoms with van der Waals surface area (Å²) in [6, 6.07) is 4.62. The fraction of sp³-hybridized carbons (Fsp3) is 0.583. The highest BCUT2D eigenvalue weighted by molar-refractivity contribution is 9.10.